The second-order valence-electron chi connectivity index (χ2n) is 6.24. The summed E-state index contributed by atoms with van der Waals surface area (Å²) in [6.45, 7) is 5.73. The van der Waals surface area contributed by atoms with Gasteiger partial charge < -0.3 is 19.6 Å². The molecule has 7 nitrogen and oxygen atoms in total. The number of hydrogen-bond acceptors (Lipinski definition) is 5. The first-order valence-electron chi connectivity index (χ1n) is 8.91. The normalized spacial score (nSPS) is 14.9. The molecule has 1 aliphatic rings. The lowest BCUT2D eigenvalue weighted by Gasteiger charge is -2.37. The number of aryl methyl sites for hydroxylation is 2. The number of guanidine groups is 1. The van der Waals surface area contributed by atoms with E-state index in [0.29, 0.717) is 17.4 Å². The number of aliphatic imine (C=N–C) groups is 1. The van der Waals surface area contributed by atoms with Gasteiger partial charge in [-0.1, -0.05) is 17.3 Å². The van der Waals surface area contributed by atoms with Gasteiger partial charge in [0.1, 0.15) is 5.82 Å². The van der Waals surface area contributed by atoms with Crippen molar-refractivity contribution in [1.29, 1.82) is 0 Å². The Morgan fingerprint density at radius 2 is 2.00 bits per heavy atom. The van der Waals surface area contributed by atoms with Gasteiger partial charge in [0, 0.05) is 46.2 Å². The zero-order valence-electron chi connectivity index (χ0n) is 15.7. The molecule has 1 aromatic heterocycles. The van der Waals surface area contributed by atoms with E-state index in [0.717, 1.165) is 51.5 Å². The zero-order valence-corrected chi connectivity index (χ0v) is 18.0. The molecule has 0 bridgehead atoms. The second-order valence-corrected chi connectivity index (χ2v) is 6.24. The fraction of sp³-hybridized carbons (Fsp3) is 0.500. The number of nitrogens with one attached hydrogen (secondary N) is 1. The number of halogens is 2. The standard InChI is InChI=1S/C18H25FN6O.HI/c1-14-22-17(26-23-14)8-5-9-21-18(20-2)25-12-10-24(11-13-25)16-7-4-3-6-15(16)19;/h3-4,6-7H,5,8-13H2,1-2H3,(H,20,21);1H. The van der Waals surface area contributed by atoms with Crippen molar-refractivity contribution >= 4 is 35.6 Å². The van der Waals surface area contributed by atoms with Gasteiger partial charge in [0.2, 0.25) is 5.89 Å². The topological polar surface area (TPSA) is 69.8 Å². The Hall–Kier alpha value is -1.91. The molecule has 0 amide bonds. The highest BCUT2D eigenvalue weighted by molar-refractivity contribution is 14.0. The van der Waals surface area contributed by atoms with E-state index in [9.17, 15) is 4.39 Å². The maximum atomic E-state index is 13.9. The van der Waals surface area contributed by atoms with E-state index in [4.69, 9.17) is 4.52 Å². The van der Waals surface area contributed by atoms with Crippen LogP contribution >= 0.6 is 24.0 Å². The molecule has 9 heteroatoms. The number of benzene rings is 1. The molecule has 3 rings (SSSR count). The lowest BCUT2D eigenvalue weighted by Crippen LogP contribution is -2.52. The van der Waals surface area contributed by atoms with Crippen LogP contribution in [-0.2, 0) is 6.42 Å². The van der Waals surface area contributed by atoms with Crippen LogP contribution in [0, 0.1) is 12.7 Å². The lowest BCUT2D eigenvalue weighted by molar-refractivity contribution is 0.364. The Bertz CT molecular complexity index is 745. The van der Waals surface area contributed by atoms with Crippen LogP contribution in [0.4, 0.5) is 10.1 Å². The second kappa shape index (κ2) is 10.4. The first-order valence-corrected chi connectivity index (χ1v) is 8.91. The van der Waals surface area contributed by atoms with Gasteiger partial charge in [-0.15, -0.1) is 24.0 Å². The molecular weight excluding hydrogens is 462 g/mol. The number of piperazine rings is 1. The van der Waals surface area contributed by atoms with Crippen LogP contribution < -0.4 is 10.2 Å². The van der Waals surface area contributed by atoms with Gasteiger partial charge in [-0.2, -0.15) is 4.98 Å². The number of hydrogen-bond donors (Lipinski definition) is 1. The third-order valence-corrected chi connectivity index (χ3v) is 4.40. The van der Waals surface area contributed by atoms with Gasteiger partial charge in [-0.25, -0.2) is 4.39 Å². The highest BCUT2D eigenvalue weighted by Crippen LogP contribution is 2.20. The summed E-state index contributed by atoms with van der Waals surface area (Å²) in [6, 6.07) is 6.93. The van der Waals surface area contributed by atoms with Crippen LogP contribution in [0.15, 0.2) is 33.8 Å². The maximum Gasteiger partial charge on any atom is 0.226 e. The molecule has 2 heterocycles. The molecule has 0 unspecified atom stereocenters. The predicted octanol–water partition coefficient (Wildman–Crippen LogP) is 2.47. The monoisotopic (exact) mass is 488 g/mol. The van der Waals surface area contributed by atoms with Crippen LogP contribution in [0.1, 0.15) is 18.1 Å². The highest BCUT2D eigenvalue weighted by Gasteiger charge is 2.21. The molecule has 0 aliphatic carbocycles. The zero-order chi connectivity index (χ0) is 18.4. The quantitative estimate of drug-likeness (QED) is 0.302. The van der Waals surface area contributed by atoms with Crippen LogP contribution in [0.3, 0.4) is 0 Å². The Labute approximate surface area is 176 Å². The van der Waals surface area contributed by atoms with Gasteiger partial charge in [0.15, 0.2) is 11.8 Å². The van der Waals surface area contributed by atoms with E-state index in [1.165, 1.54) is 6.07 Å². The highest BCUT2D eigenvalue weighted by atomic mass is 127. The average molecular weight is 488 g/mol. The number of rotatable bonds is 5. The Morgan fingerprint density at radius 3 is 2.63 bits per heavy atom. The Balaban J connectivity index is 0.00000261. The van der Waals surface area contributed by atoms with E-state index in [-0.39, 0.29) is 29.8 Å². The smallest absolute Gasteiger partial charge is 0.226 e. The SMILES string of the molecule is CN=C(NCCCc1nc(C)no1)N1CCN(c2ccccc2F)CC1.I. The number of para-hydroxylation sites is 1. The van der Waals surface area contributed by atoms with Crippen molar-refractivity contribution in [2.75, 3.05) is 44.7 Å². The van der Waals surface area contributed by atoms with Gasteiger partial charge in [0.05, 0.1) is 5.69 Å². The summed E-state index contributed by atoms with van der Waals surface area (Å²) >= 11 is 0. The summed E-state index contributed by atoms with van der Waals surface area (Å²) in [7, 11) is 1.78. The molecule has 0 spiro atoms. The maximum absolute atomic E-state index is 13.9. The summed E-state index contributed by atoms with van der Waals surface area (Å²) in [4.78, 5) is 12.8. The van der Waals surface area contributed by atoms with Crippen molar-refractivity contribution < 1.29 is 8.91 Å². The molecular formula is C18H26FIN6O. The summed E-state index contributed by atoms with van der Waals surface area (Å²) in [6.07, 6.45) is 1.63. The first kappa shape index (κ1) is 21.4. The molecule has 0 radical (unpaired) electrons. The fourth-order valence-corrected chi connectivity index (χ4v) is 3.08. The molecule has 1 saturated heterocycles. The lowest BCUT2D eigenvalue weighted by atomic mass is 10.2. The largest absolute Gasteiger partial charge is 0.366 e. The molecule has 1 aliphatic heterocycles. The molecule has 0 saturated carbocycles. The first-order chi connectivity index (χ1) is 12.7. The summed E-state index contributed by atoms with van der Waals surface area (Å²) in [5.41, 5.74) is 0.671. The van der Waals surface area contributed by atoms with E-state index < -0.39 is 0 Å². The van der Waals surface area contributed by atoms with E-state index >= 15 is 0 Å². The molecule has 1 fully saturated rings. The third-order valence-electron chi connectivity index (χ3n) is 4.40. The van der Waals surface area contributed by atoms with E-state index in [2.05, 4.69) is 30.2 Å². The van der Waals surface area contributed by atoms with Crippen LogP contribution in [0.2, 0.25) is 0 Å². The summed E-state index contributed by atoms with van der Waals surface area (Å²) in [5, 5.41) is 7.16. The number of nitrogens with zero attached hydrogens (tertiary/aromatic N) is 5. The van der Waals surface area contributed by atoms with Gasteiger partial charge in [-0.05, 0) is 25.5 Å². The molecule has 0 atom stereocenters. The molecule has 1 aromatic carbocycles. The van der Waals surface area contributed by atoms with Crippen LogP contribution in [0.25, 0.3) is 0 Å². The van der Waals surface area contributed by atoms with Gasteiger partial charge in [-0.3, -0.25) is 4.99 Å². The minimum atomic E-state index is -0.167. The van der Waals surface area contributed by atoms with E-state index in [1.54, 1.807) is 13.1 Å². The van der Waals surface area contributed by atoms with Crippen LogP contribution in [0.5, 0.6) is 0 Å². The minimum Gasteiger partial charge on any atom is -0.366 e. The fourth-order valence-electron chi connectivity index (χ4n) is 3.08. The van der Waals surface area contributed by atoms with Gasteiger partial charge >= 0.3 is 0 Å². The van der Waals surface area contributed by atoms with Gasteiger partial charge in [0.25, 0.3) is 0 Å². The van der Waals surface area contributed by atoms with Crippen molar-refractivity contribution in [2.24, 2.45) is 4.99 Å². The predicted molar refractivity (Wildman–Crippen MR) is 114 cm³/mol. The molecule has 1 N–H and O–H groups in total. The van der Waals surface area contributed by atoms with Crippen molar-refractivity contribution in [3.63, 3.8) is 0 Å². The number of anilines is 1. The van der Waals surface area contributed by atoms with Crippen molar-refractivity contribution in [3.8, 4) is 0 Å². The van der Waals surface area contributed by atoms with Crippen LogP contribution in [-0.4, -0.2) is 60.8 Å². The Morgan fingerprint density at radius 1 is 1.26 bits per heavy atom. The third kappa shape index (κ3) is 5.78. The molecule has 2 aromatic rings. The minimum absolute atomic E-state index is 0. The summed E-state index contributed by atoms with van der Waals surface area (Å²) in [5.74, 6) is 2.04. The molecule has 148 valence electrons. The molecule has 27 heavy (non-hydrogen) atoms. The van der Waals surface area contributed by atoms with Crippen molar-refractivity contribution in [1.82, 2.24) is 20.4 Å². The van der Waals surface area contributed by atoms with Crippen molar-refractivity contribution in [3.05, 3.63) is 41.8 Å². The van der Waals surface area contributed by atoms with E-state index in [1.807, 2.05) is 19.1 Å². The number of aromatic nitrogens is 2. The van der Waals surface area contributed by atoms with Crippen molar-refractivity contribution in [2.45, 2.75) is 19.8 Å². The summed E-state index contributed by atoms with van der Waals surface area (Å²) < 4.78 is 19.0. The Kier molecular flexibility index (Phi) is 8.26. The average Bonchev–Trinajstić information content (AvgIpc) is 3.08.